The molecular weight excluding hydrogens is 238 g/mol. The molecule has 0 aromatic rings. The molecule has 18 heavy (non-hydrogen) atoms. The Bertz CT molecular complexity index is 280. The molecule has 0 aliphatic carbocycles. The smallest absolute Gasteiger partial charge is 0.303 e. The lowest BCUT2D eigenvalue weighted by atomic mass is 10.1. The Morgan fingerprint density at radius 1 is 1.22 bits per heavy atom. The second kappa shape index (κ2) is 9.44. The molecule has 0 fully saturated rings. The summed E-state index contributed by atoms with van der Waals surface area (Å²) in [5.74, 6) is -0.787. The van der Waals surface area contributed by atoms with Gasteiger partial charge in [0.2, 0.25) is 6.41 Å². The highest BCUT2D eigenvalue weighted by molar-refractivity contribution is 5.67. The van der Waals surface area contributed by atoms with E-state index in [1.165, 1.54) is 13.8 Å². The van der Waals surface area contributed by atoms with Crippen LogP contribution in [0, 0.1) is 0 Å². The van der Waals surface area contributed by atoms with Gasteiger partial charge < -0.3 is 14.4 Å². The van der Waals surface area contributed by atoms with Gasteiger partial charge in [-0.1, -0.05) is 0 Å². The molecule has 6 nitrogen and oxygen atoms in total. The third-order valence-electron chi connectivity index (χ3n) is 2.27. The predicted molar refractivity (Wildman–Crippen MR) is 64.7 cm³/mol. The van der Waals surface area contributed by atoms with Crippen molar-refractivity contribution in [3.63, 3.8) is 0 Å². The number of unbranched alkanes of at least 4 members (excludes halogenated alkanes) is 1. The average molecular weight is 259 g/mol. The van der Waals surface area contributed by atoms with Gasteiger partial charge >= 0.3 is 11.9 Å². The molecule has 0 aromatic heterocycles. The number of hydrogen-bond donors (Lipinski definition) is 0. The van der Waals surface area contributed by atoms with Crippen LogP contribution in [0.4, 0.5) is 0 Å². The zero-order valence-corrected chi connectivity index (χ0v) is 11.2. The van der Waals surface area contributed by atoms with Crippen molar-refractivity contribution in [1.29, 1.82) is 0 Å². The fourth-order valence-corrected chi connectivity index (χ4v) is 1.41. The molecule has 0 aliphatic rings. The van der Waals surface area contributed by atoms with Gasteiger partial charge in [-0.3, -0.25) is 14.4 Å². The quantitative estimate of drug-likeness (QED) is 0.347. The molecule has 0 heterocycles. The van der Waals surface area contributed by atoms with Gasteiger partial charge in [0.15, 0.2) is 0 Å². The highest BCUT2D eigenvalue weighted by atomic mass is 16.6. The van der Waals surface area contributed by atoms with Gasteiger partial charge in [0.25, 0.3) is 0 Å². The van der Waals surface area contributed by atoms with Crippen LogP contribution < -0.4 is 0 Å². The Balaban J connectivity index is 3.88. The lowest BCUT2D eigenvalue weighted by Crippen LogP contribution is -2.24. The Morgan fingerprint density at radius 2 is 1.89 bits per heavy atom. The molecule has 0 spiro atoms. The van der Waals surface area contributed by atoms with Gasteiger partial charge in [-0.05, 0) is 19.3 Å². The van der Waals surface area contributed by atoms with Gasteiger partial charge in [-0.15, -0.1) is 0 Å². The van der Waals surface area contributed by atoms with E-state index in [1.807, 2.05) is 0 Å². The summed E-state index contributed by atoms with van der Waals surface area (Å²) < 4.78 is 9.86. The van der Waals surface area contributed by atoms with Crippen molar-refractivity contribution in [2.24, 2.45) is 0 Å². The van der Waals surface area contributed by atoms with Crippen LogP contribution in [-0.2, 0) is 23.9 Å². The molecule has 6 heteroatoms. The fourth-order valence-electron chi connectivity index (χ4n) is 1.41. The third kappa shape index (κ3) is 9.62. The molecule has 0 aliphatic heterocycles. The summed E-state index contributed by atoms with van der Waals surface area (Å²) in [4.78, 5) is 33.5. The number of nitrogens with zero attached hydrogens (tertiary/aromatic N) is 1. The van der Waals surface area contributed by atoms with Crippen LogP contribution in [0.1, 0.15) is 33.1 Å². The van der Waals surface area contributed by atoms with Crippen molar-refractivity contribution in [2.75, 3.05) is 20.2 Å². The van der Waals surface area contributed by atoms with Crippen LogP contribution in [0.25, 0.3) is 0 Å². The molecule has 1 unspecified atom stereocenters. The number of carbonyl (C=O) groups is 3. The second-order valence-corrected chi connectivity index (χ2v) is 4.12. The zero-order chi connectivity index (χ0) is 14.0. The molecule has 0 saturated heterocycles. The maximum atomic E-state index is 10.9. The summed E-state index contributed by atoms with van der Waals surface area (Å²) >= 11 is 0. The van der Waals surface area contributed by atoms with E-state index >= 15 is 0 Å². The maximum Gasteiger partial charge on any atom is 0.303 e. The number of esters is 2. The van der Waals surface area contributed by atoms with Crippen LogP contribution in [-0.4, -0.2) is 49.6 Å². The summed E-state index contributed by atoms with van der Waals surface area (Å²) in [6.07, 6.45) is 2.57. The Morgan fingerprint density at radius 3 is 2.39 bits per heavy atom. The van der Waals surface area contributed by atoms with Crippen LogP contribution in [0.3, 0.4) is 0 Å². The molecule has 0 rings (SSSR count). The summed E-state index contributed by atoms with van der Waals surface area (Å²) in [7, 11) is 1.70. The van der Waals surface area contributed by atoms with Gasteiger partial charge in [0.1, 0.15) is 12.7 Å². The molecule has 0 N–H and O–H groups in total. The third-order valence-corrected chi connectivity index (χ3v) is 2.27. The lowest BCUT2D eigenvalue weighted by Gasteiger charge is -2.17. The van der Waals surface area contributed by atoms with E-state index in [4.69, 9.17) is 9.47 Å². The largest absolute Gasteiger partial charge is 0.462 e. The molecule has 0 radical (unpaired) electrons. The van der Waals surface area contributed by atoms with Crippen molar-refractivity contribution in [1.82, 2.24) is 4.90 Å². The van der Waals surface area contributed by atoms with Crippen molar-refractivity contribution >= 4 is 18.3 Å². The topological polar surface area (TPSA) is 72.9 Å². The van der Waals surface area contributed by atoms with Crippen LogP contribution in [0.2, 0.25) is 0 Å². The van der Waals surface area contributed by atoms with Crippen molar-refractivity contribution in [3.8, 4) is 0 Å². The van der Waals surface area contributed by atoms with E-state index in [2.05, 4.69) is 0 Å². The molecule has 1 amide bonds. The van der Waals surface area contributed by atoms with E-state index in [0.29, 0.717) is 13.0 Å². The summed E-state index contributed by atoms with van der Waals surface area (Å²) in [5.41, 5.74) is 0. The summed E-state index contributed by atoms with van der Waals surface area (Å²) in [6.45, 7) is 3.37. The number of carbonyl (C=O) groups excluding carboxylic acids is 3. The molecule has 0 bridgehead atoms. The standard InChI is InChI=1S/C12H21NO5/c1-10(15)17-8-12(18-11(2)16)6-4-5-7-13(3)9-14/h9,12H,4-8H2,1-3H3. The van der Waals surface area contributed by atoms with E-state index in [1.54, 1.807) is 11.9 Å². The summed E-state index contributed by atoms with van der Waals surface area (Å²) in [6, 6.07) is 0. The van der Waals surface area contributed by atoms with Gasteiger partial charge in [-0.25, -0.2) is 0 Å². The zero-order valence-electron chi connectivity index (χ0n) is 11.2. The first-order valence-electron chi connectivity index (χ1n) is 5.91. The fraction of sp³-hybridized carbons (Fsp3) is 0.750. The van der Waals surface area contributed by atoms with E-state index in [-0.39, 0.29) is 6.61 Å². The Hall–Kier alpha value is -1.59. The molecule has 1 atom stereocenters. The summed E-state index contributed by atoms with van der Waals surface area (Å²) in [5, 5.41) is 0. The van der Waals surface area contributed by atoms with Crippen LogP contribution >= 0.6 is 0 Å². The minimum atomic E-state index is -0.409. The van der Waals surface area contributed by atoms with Crippen molar-refractivity contribution in [2.45, 2.75) is 39.2 Å². The first-order chi connectivity index (χ1) is 8.45. The van der Waals surface area contributed by atoms with Crippen LogP contribution in [0.15, 0.2) is 0 Å². The highest BCUT2D eigenvalue weighted by Gasteiger charge is 2.13. The lowest BCUT2D eigenvalue weighted by molar-refractivity contribution is -0.156. The molecule has 0 saturated carbocycles. The van der Waals surface area contributed by atoms with Gasteiger partial charge in [0, 0.05) is 27.4 Å². The first-order valence-corrected chi connectivity index (χ1v) is 5.91. The van der Waals surface area contributed by atoms with Crippen molar-refractivity contribution in [3.05, 3.63) is 0 Å². The number of ether oxygens (including phenoxy) is 2. The van der Waals surface area contributed by atoms with E-state index in [0.717, 1.165) is 19.3 Å². The van der Waals surface area contributed by atoms with Crippen LogP contribution in [0.5, 0.6) is 0 Å². The Kier molecular flexibility index (Phi) is 8.61. The molecular formula is C12H21NO5. The van der Waals surface area contributed by atoms with E-state index < -0.39 is 18.0 Å². The average Bonchev–Trinajstić information content (AvgIpc) is 2.30. The Labute approximate surface area is 107 Å². The first kappa shape index (κ1) is 16.4. The second-order valence-electron chi connectivity index (χ2n) is 4.12. The maximum absolute atomic E-state index is 10.9. The normalized spacial score (nSPS) is 11.5. The number of amides is 1. The van der Waals surface area contributed by atoms with Crippen molar-refractivity contribution < 1.29 is 23.9 Å². The number of hydrogen-bond acceptors (Lipinski definition) is 5. The van der Waals surface area contributed by atoms with E-state index in [9.17, 15) is 14.4 Å². The minimum absolute atomic E-state index is 0.0818. The minimum Gasteiger partial charge on any atom is -0.462 e. The van der Waals surface area contributed by atoms with Gasteiger partial charge in [0.05, 0.1) is 0 Å². The highest BCUT2D eigenvalue weighted by Crippen LogP contribution is 2.07. The number of rotatable bonds is 9. The predicted octanol–water partition coefficient (Wildman–Crippen LogP) is 0.740. The molecule has 104 valence electrons. The monoisotopic (exact) mass is 259 g/mol. The van der Waals surface area contributed by atoms with Gasteiger partial charge in [-0.2, -0.15) is 0 Å². The molecule has 0 aromatic carbocycles. The SMILES string of the molecule is CC(=O)OCC(CCCCN(C)C=O)OC(C)=O.